The Morgan fingerprint density at radius 1 is 1.31 bits per heavy atom. The first kappa shape index (κ1) is 10.7. The molecule has 2 aromatic rings. The number of hydrogen-bond donors (Lipinski definition) is 1. The van der Waals surface area contributed by atoms with E-state index in [1.165, 1.54) is 6.07 Å². The molecule has 3 heteroatoms. The van der Waals surface area contributed by atoms with E-state index in [1.54, 1.807) is 12.3 Å². The Morgan fingerprint density at radius 3 is 2.75 bits per heavy atom. The van der Waals surface area contributed by atoms with Crippen molar-refractivity contribution < 1.29 is 8.81 Å². The zero-order valence-electron chi connectivity index (χ0n) is 9.33. The quantitative estimate of drug-likeness (QED) is 0.846. The molecule has 0 saturated heterocycles. The average Bonchev–Trinajstić information content (AvgIpc) is 2.75. The number of hydrogen-bond acceptors (Lipinski definition) is 2. The molecule has 0 bridgehead atoms. The van der Waals surface area contributed by atoms with Gasteiger partial charge in [0.15, 0.2) is 0 Å². The van der Waals surface area contributed by atoms with Gasteiger partial charge in [0.2, 0.25) is 0 Å². The van der Waals surface area contributed by atoms with Crippen molar-refractivity contribution in [3.05, 3.63) is 53.7 Å². The van der Waals surface area contributed by atoms with E-state index in [9.17, 15) is 4.39 Å². The number of halogens is 1. The Labute approximate surface area is 94.1 Å². The molecule has 1 unspecified atom stereocenters. The van der Waals surface area contributed by atoms with Crippen LogP contribution in [-0.2, 0) is 0 Å². The van der Waals surface area contributed by atoms with Gasteiger partial charge in [0, 0.05) is 0 Å². The van der Waals surface area contributed by atoms with E-state index in [0.717, 1.165) is 11.3 Å². The Balaban J connectivity index is 2.15. The maximum Gasteiger partial charge on any atom is 0.146 e. The molecule has 84 valence electrons. The van der Waals surface area contributed by atoms with Crippen molar-refractivity contribution >= 4 is 5.69 Å². The van der Waals surface area contributed by atoms with Crippen LogP contribution in [0.5, 0.6) is 0 Å². The van der Waals surface area contributed by atoms with Crippen LogP contribution in [0.15, 0.2) is 41.0 Å². The third-order valence-corrected chi connectivity index (χ3v) is 2.47. The molecule has 2 rings (SSSR count). The van der Waals surface area contributed by atoms with Crippen molar-refractivity contribution in [3.8, 4) is 0 Å². The van der Waals surface area contributed by atoms with Gasteiger partial charge >= 0.3 is 0 Å². The third-order valence-electron chi connectivity index (χ3n) is 2.47. The van der Waals surface area contributed by atoms with Gasteiger partial charge in [0.1, 0.15) is 11.6 Å². The van der Waals surface area contributed by atoms with E-state index < -0.39 is 0 Å². The molecule has 0 spiro atoms. The fraction of sp³-hybridized carbons (Fsp3) is 0.231. The highest BCUT2D eigenvalue weighted by Gasteiger charge is 2.10. The number of nitrogens with one attached hydrogen (secondary N) is 1. The van der Waals surface area contributed by atoms with E-state index >= 15 is 0 Å². The molecule has 0 saturated carbocycles. The molecule has 0 aliphatic carbocycles. The maximum atomic E-state index is 13.6. The second-order valence-corrected chi connectivity index (χ2v) is 3.86. The molecule has 1 atom stereocenters. The number of benzene rings is 1. The lowest BCUT2D eigenvalue weighted by Crippen LogP contribution is -2.07. The molecule has 1 aromatic heterocycles. The second kappa shape index (κ2) is 4.39. The summed E-state index contributed by atoms with van der Waals surface area (Å²) < 4.78 is 18.8. The van der Waals surface area contributed by atoms with E-state index in [4.69, 9.17) is 4.42 Å². The van der Waals surface area contributed by atoms with Crippen LogP contribution in [0, 0.1) is 12.7 Å². The number of furan rings is 1. The summed E-state index contributed by atoms with van der Waals surface area (Å²) >= 11 is 0. The monoisotopic (exact) mass is 219 g/mol. The molecule has 2 nitrogen and oxygen atoms in total. The average molecular weight is 219 g/mol. The van der Waals surface area contributed by atoms with Gasteiger partial charge in [-0.15, -0.1) is 0 Å². The van der Waals surface area contributed by atoms with Crippen LogP contribution in [0.1, 0.15) is 24.3 Å². The summed E-state index contributed by atoms with van der Waals surface area (Å²) in [6.45, 7) is 3.79. The van der Waals surface area contributed by atoms with Gasteiger partial charge in [-0.3, -0.25) is 0 Å². The Kier molecular flexibility index (Phi) is 2.95. The minimum Gasteiger partial charge on any atom is -0.467 e. The van der Waals surface area contributed by atoms with Crippen LogP contribution in [0.25, 0.3) is 0 Å². The zero-order chi connectivity index (χ0) is 11.5. The molecule has 0 amide bonds. The van der Waals surface area contributed by atoms with E-state index in [2.05, 4.69) is 5.32 Å². The van der Waals surface area contributed by atoms with Gasteiger partial charge in [0.25, 0.3) is 0 Å². The molecule has 16 heavy (non-hydrogen) atoms. The lowest BCUT2D eigenvalue weighted by atomic mass is 10.2. The van der Waals surface area contributed by atoms with Crippen molar-refractivity contribution in [2.24, 2.45) is 0 Å². The highest BCUT2D eigenvalue weighted by Crippen LogP contribution is 2.22. The fourth-order valence-corrected chi connectivity index (χ4v) is 1.58. The van der Waals surface area contributed by atoms with Crippen molar-refractivity contribution in [2.45, 2.75) is 19.9 Å². The molecular formula is C13H14FNO. The molecule has 1 heterocycles. The van der Waals surface area contributed by atoms with Gasteiger partial charge in [-0.05, 0) is 43.7 Å². The predicted molar refractivity (Wildman–Crippen MR) is 61.9 cm³/mol. The lowest BCUT2D eigenvalue weighted by molar-refractivity contribution is 0.489. The molecule has 0 aliphatic rings. The molecule has 1 aromatic carbocycles. The van der Waals surface area contributed by atoms with Gasteiger partial charge in [0.05, 0.1) is 18.0 Å². The Morgan fingerprint density at radius 2 is 2.12 bits per heavy atom. The fourth-order valence-electron chi connectivity index (χ4n) is 1.58. The van der Waals surface area contributed by atoms with E-state index in [1.807, 2.05) is 32.0 Å². The number of aryl methyl sites for hydroxylation is 1. The van der Waals surface area contributed by atoms with Crippen molar-refractivity contribution in [1.29, 1.82) is 0 Å². The first-order valence-electron chi connectivity index (χ1n) is 5.23. The van der Waals surface area contributed by atoms with Gasteiger partial charge in [-0.2, -0.15) is 0 Å². The summed E-state index contributed by atoms with van der Waals surface area (Å²) in [6.07, 6.45) is 1.61. The van der Waals surface area contributed by atoms with Crippen LogP contribution >= 0.6 is 0 Å². The Bertz CT molecular complexity index is 465. The molecule has 0 aliphatic heterocycles. The highest BCUT2D eigenvalue weighted by atomic mass is 19.1. The zero-order valence-corrected chi connectivity index (χ0v) is 9.33. The van der Waals surface area contributed by atoms with Gasteiger partial charge < -0.3 is 9.73 Å². The Hall–Kier alpha value is -1.77. The van der Waals surface area contributed by atoms with Gasteiger partial charge in [-0.1, -0.05) is 6.07 Å². The molecule has 0 fully saturated rings. The minimum atomic E-state index is -0.238. The molecule has 1 N–H and O–H groups in total. The van der Waals surface area contributed by atoms with Crippen LogP contribution in [0.4, 0.5) is 10.1 Å². The lowest BCUT2D eigenvalue weighted by Gasteiger charge is -2.13. The van der Waals surface area contributed by atoms with Gasteiger partial charge in [-0.25, -0.2) is 4.39 Å². The highest BCUT2D eigenvalue weighted by molar-refractivity contribution is 5.47. The van der Waals surface area contributed by atoms with Crippen LogP contribution in [0.2, 0.25) is 0 Å². The molecular weight excluding hydrogens is 205 g/mol. The van der Waals surface area contributed by atoms with Crippen LogP contribution in [0.3, 0.4) is 0 Å². The maximum absolute atomic E-state index is 13.6. The minimum absolute atomic E-state index is 0.0489. The summed E-state index contributed by atoms with van der Waals surface area (Å²) in [4.78, 5) is 0. The first-order valence-corrected chi connectivity index (χ1v) is 5.23. The van der Waals surface area contributed by atoms with Crippen molar-refractivity contribution in [1.82, 2.24) is 0 Å². The summed E-state index contributed by atoms with van der Waals surface area (Å²) in [5, 5.41) is 3.07. The molecule has 0 radical (unpaired) electrons. The summed E-state index contributed by atoms with van der Waals surface area (Å²) in [6, 6.07) is 8.76. The van der Waals surface area contributed by atoms with E-state index in [-0.39, 0.29) is 11.9 Å². The van der Waals surface area contributed by atoms with E-state index in [0.29, 0.717) is 5.69 Å². The largest absolute Gasteiger partial charge is 0.467 e. The number of anilines is 1. The second-order valence-electron chi connectivity index (χ2n) is 3.86. The smallest absolute Gasteiger partial charge is 0.146 e. The SMILES string of the molecule is Cc1ccc(NC(C)c2ccco2)c(F)c1. The number of rotatable bonds is 3. The van der Waals surface area contributed by atoms with Crippen molar-refractivity contribution in [2.75, 3.05) is 5.32 Å². The first-order chi connectivity index (χ1) is 7.66. The summed E-state index contributed by atoms with van der Waals surface area (Å²) in [5.41, 5.74) is 1.41. The van der Waals surface area contributed by atoms with Crippen molar-refractivity contribution in [3.63, 3.8) is 0 Å². The normalized spacial score (nSPS) is 12.4. The predicted octanol–water partition coefficient (Wildman–Crippen LogP) is 3.90. The third kappa shape index (κ3) is 2.24. The summed E-state index contributed by atoms with van der Waals surface area (Å²) in [5.74, 6) is 0.554. The summed E-state index contributed by atoms with van der Waals surface area (Å²) in [7, 11) is 0. The van der Waals surface area contributed by atoms with Crippen LogP contribution in [-0.4, -0.2) is 0 Å². The topological polar surface area (TPSA) is 25.2 Å². The van der Waals surface area contributed by atoms with Crippen LogP contribution < -0.4 is 5.32 Å². The standard InChI is InChI=1S/C13H14FNO/c1-9-5-6-12(11(14)8-9)15-10(2)13-4-3-7-16-13/h3-8,10,15H,1-2H3.